The second-order valence-electron chi connectivity index (χ2n) is 9.66. The largest absolute Gasteiger partial charge is 0.384 e. The van der Waals surface area contributed by atoms with Gasteiger partial charge >= 0.3 is 0 Å². The summed E-state index contributed by atoms with van der Waals surface area (Å²) in [7, 11) is -7.55. The molecule has 4 aromatic carbocycles. The number of benzene rings is 4. The Hall–Kier alpha value is -4.40. The van der Waals surface area contributed by atoms with Gasteiger partial charge in [-0.2, -0.15) is 0 Å². The van der Waals surface area contributed by atoms with Crippen LogP contribution in [0.3, 0.4) is 0 Å². The fourth-order valence-electron chi connectivity index (χ4n) is 3.98. The lowest BCUT2D eigenvalue weighted by Crippen LogP contribution is -2.23. The first kappa shape index (κ1) is 31.5. The highest BCUT2D eigenvalue weighted by molar-refractivity contribution is 7.89. The highest BCUT2D eigenvalue weighted by Crippen LogP contribution is 2.15. The summed E-state index contributed by atoms with van der Waals surface area (Å²) in [5.41, 5.74) is 15.0. The SMILES string of the molecule is N=C(N)c1cccc(S(=O)(=O)NCc2ccc(COCc3ccc(CNS(=O)(=O)c4cccc(C(=N)N)c4)cc3)cc2)c1. The molecule has 4 rings (SSSR count). The van der Waals surface area contributed by atoms with Gasteiger partial charge in [-0.15, -0.1) is 0 Å². The molecular weight excluding hydrogens is 589 g/mol. The van der Waals surface area contributed by atoms with Gasteiger partial charge in [0, 0.05) is 24.2 Å². The van der Waals surface area contributed by atoms with Crippen molar-refractivity contribution in [1.29, 1.82) is 10.8 Å². The highest BCUT2D eigenvalue weighted by atomic mass is 32.2. The molecule has 224 valence electrons. The molecule has 0 saturated carbocycles. The summed E-state index contributed by atoms with van der Waals surface area (Å²) in [6.45, 7) is 0.900. The van der Waals surface area contributed by atoms with E-state index in [0.29, 0.717) is 24.3 Å². The van der Waals surface area contributed by atoms with Gasteiger partial charge in [0.15, 0.2) is 0 Å². The predicted octanol–water partition coefficient (Wildman–Crippen LogP) is 2.93. The number of sulfonamides is 2. The molecule has 0 heterocycles. The normalized spacial score (nSPS) is 11.7. The first-order valence-electron chi connectivity index (χ1n) is 13.0. The van der Waals surface area contributed by atoms with Crippen LogP contribution in [-0.2, 0) is 51.1 Å². The number of ether oxygens (including phenoxy) is 1. The molecule has 0 aliphatic carbocycles. The highest BCUT2D eigenvalue weighted by Gasteiger charge is 2.16. The molecule has 0 bridgehead atoms. The fraction of sp³-hybridized carbons (Fsp3) is 0.133. The number of rotatable bonds is 14. The summed E-state index contributed by atoms with van der Waals surface area (Å²) in [4.78, 5) is 0.0759. The van der Waals surface area contributed by atoms with E-state index in [1.807, 2.05) is 48.5 Å². The summed E-state index contributed by atoms with van der Waals surface area (Å²) in [6.07, 6.45) is 0. The Labute approximate surface area is 251 Å². The monoisotopic (exact) mass is 620 g/mol. The summed E-state index contributed by atoms with van der Waals surface area (Å²) in [6, 6.07) is 26.6. The van der Waals surface area contributed by atoms with Crippen LogP contribution in [0.25, 0.3) is 0 Å². The van der Waals surface area contributed by atoms with Crippen molar-refractivity contribution in [3.63, 3.8) is 0 Å². The molecule has 0 saturated heterocycles. The van der Waals surface area contributed by atoms with Crippen molar-refractivity contribution in [2.75, 3.05) is 0 Å². The Balaban J connectivity index is 1.23. The van der Waals surface area contributed by atoms with Crippen LogP contribution < -0.4 is 20.9 Å². The Bertz CT molecular complexity index is 1690. The molecule has 0 aliphatic heterocycles. The minimum absolute atomic E-state index is 0.0379. The second-order valence-corrected chi connectivity index (χ2v) is 13.2. The van der Waals surface area contributed by atoms with E-state index in [1.54, 1.807) is 24.3 Å². The topological polar surface area (TPSA) is 201 Å². The third-order valence-corrected chi connectivity index (χ3v) is 9.22. The average molecular weight is 621 g/mol. The molecule has 0 atom stereocenters. The third-order valence-electron chi connectivity index (χ3n) is 6.43. The molecule has 4 aromatic rings. The van der Waals surface area contributed by atoms with Crippen LogP contribution >= 0.6 is 0 Å². The second kappa shape index (κ2) is 13.7. The van der Waals surface area contributed by atoms with Crippen LogP contribution in [0.15, 0.2) is 107 Å². The zero-order valence-corrected chi connectivity index (χ0v) is 24.7. The smallest absolute Gasteiger partial charge is 0.240 e. The van der Waals surface area contributed by atoms with Crippen LogP contribution in [0, 0.1) is 10.8 Å². The van der Waals surface area contributed by atoms with Gasteiger partial charge in [-0.05, 0) is 46.5 Å². The van der Waals surface area contributed by atoms with Crippen molar-refractivity contribution >= 4 is 31.7 Å². The van der Waals surface area contributed by atoms with Gasteiger partial charge in [-0.1, -0.05) is 72.8 Å². The van der Waals surface area contributed by atoms with E-state index in [0.717, 1.165) is 22.3 Å². The maximum absolute atomic E-state index is 12.6. The minimum atomic E-state index is -3.77. The third kappa shape index (κ3) is 8.80. The zero-order chi connectivity index (χ0) is 31.0. The molecule has 0 radical (unpaired) electrons. The molecule has 0 aliphatic rings. The lowest BCUT2D eigenvalue weighted by molar-refractivity contribution is 0.107. The molecule has 0 amide bonds. The van der Waals surface area contributed by atoms with E-state index >= 15 is 0 Å². The van der Waals surface area contributed by atoms with Crippen molar-refractivity contribution in [2.45, 2.75) is 36.1 Å². The first-order chi connectivity index (χ1) is 20.4. The summed E-state index contributed by atoms with van der Waals surface area (Å²) >= 11 is 0. The van der Waals surface area contributed by atoms with Gasteiger partial charge in [0.05, 0.1) is 23.0 Å². The Kier molecular flexibility index (Phi) is 10.1. The van der Waals surface area contributed by atoms with Gasteiger partial charge in [0.25, 0.3) is 0 Å². The van der Waals surface area contributed by atoms with Gasteiger partial charge < -0.3 is 16.2 Å². The quantitative estimate of drug-likeness (QED) is 0.0918. The maximum Gasteiger partial charge on any atom is 0.240 e. The summed E-state index contributed by atoms with van der Waals surface area (Å²) in [5, 5.41) is 15.0. The number of nitrogen functional groups attached to an aromatic ring is 2. The van der Waals surface area contributed by atoms with Gasteiger partial charge in [-0.3, -0.25) is 10.8 Å². The molecule has 8 N–H and O–H groups in total. The van der Waals surface area contributed by atoms with Gasteiger partial charge in [0.2, 0.25) is 20.0 Å². The number of hydrogen-bond acceptors (Lipinski definition) is 7. The van der Waals surface area contributed by atoms with Crippen molar-refractivity contribution in [1.82, 2.24) is 9.44 Å². The molecule has 0 fully saturated rings. The first-order valence-corrected chi connectivity index (χ1v) is 16.0. The number of hydrogen-bond donors (Lipinski definition) is 6. The molecule has 43 heavy (non-hydrogen) atoms. The van der Waals surface area contributed by atoms with Crippen LogP contribution in [0.4, 0.5) is 0 Å². The van der Waals surface area contributed by atoms with Crippen LogP contribution in [0.2, 0.25) is 0 Å². The van der Waals surface area contributed by atoms with E-state index in [4.69, 9.17) is 27.0 Å². The summed E-state index contributed by atoms with van der Waals surface area (Å²) < 4.78 is 61.5. The zero-order valence-electron chi connectivity index (χ0n) is 23.1. The van der Waals surface area contributed by atoms with Crippen molar-refractivity contribution in [2.24, 2.45) is 11.5 Å². The van der Waals surface area contributed by atoms with Crippen LogP contribution in [0.5, 0.6) is 0 Å². The van der Waals surface area contributed by atoms with Crippen LogP contribution in [-0.4, -0.2) is 28.5 Å². The fourth-order valence-corrected chi connectivity index (χ4v) is 6.10. The Morgan fingerprint density at radius 1 is 0.581 bits per heavy atom. The summed E-state index contributed by atoms with van der Waals surface area (Å²) in [5.74, 6) is -0.411. The van der Waals surface area contributed by atoms with E-state index in [-0.39, 0.29) is 34.6 Å². The molecular formula is C30H32N6O5S2. The van der Waals surface area contributed by atoms with Gasteiger partial charge in [-0.25, -0.2) is 26.3 Å². The Morgan fingerprint density at radius 2 is 0.930 bits per heavy atom. The molecule has 11 nitrogen and oxygen atoms in total. The molecule has 13 heteroatoms. The van der Waals surface area contributed by atoms with Crippen molar-refractivity contribution in [3.8, 4) is 0 Å². The molecule has 0 aromatic heterocycles. The Morgan fingerprint density at radius 3 is 1.28 bits per heavy atom. The lowest BCUT2D eigenvalue weighted by atomic mass is 10.1. The van der Waals surface area contributed by atoms with Crippen molar-refractivity contribution < 1.29 is 21.6 Å². The maximum atomic E-state index is 12.6. The minimum Gasteiger partial charge on any atom is -0.384 e. The van der Waals surface area contributed by atoms with Crippen LogP contribution in [0.1, 0.15) is 33.4 Å². The number of nitrogens with two attached hydrogens (primary N) is 2. The van der Waals surface area contributed by atoms with Gasteiger partial charge in [0.1, 0.15) is 11.7 Å². The van der Waals surface area contributed by atoms with E-state index in [2.05, 4.69) is 9.44 Å². The average Bonchev–Trinajstić information content (AvgIpc) is 3.00. The number of nitrogens with one attached hydrogen (secondary N) is 4. The number of amidine groups is 2. The molecule has 0 unspecified atom stereocenters. The van der Waals surface area contributed by atoms with E-state index in [1.165, 1.54) is 24.3 Å². The van der Waals surface area contributed by atoms with E-state index in [9.17, 15) is 16.8 Å². The van der Waals surface area contributed by atoms with Crippen molar-refractivity contribution in [3.05, 3.63) is 130 Å². The molecule has 0 spiro atoms. The lowest BCUT2D eigenvalue weighted by Gasteiger charge is -2.10. The van der Waals surface area contributed by atoms with E-state index < -0.39 is 20.0 Å². The predicted molar refractivity (Wildman–Crippen MR) is 164 cm³/mol. The standard InChI is InChI=1S/C30H32N6O5S2/c31-29(32)25-3-1-5-27(15-25)42(37,38)35-17-21-7-11-23(12-8-21)19-41-20-24-13-9-22(10-14-24)18-36-43(39,40)28-6-2-4-26(16-28)30(33)34/h1-16,35-36H,17-20H2,(H3,31,32)(H3,33,34).